The highest BCUT2D eigenvalue weighted by atomic mass is 16.5. The summed E-state index contributed by atoms with van der Waals surface area (Å²) in [5.41, 5.74) is 0. The van der Waals surface area contributed by atoms with Crippen molar-refractivity contribution in [1.82, 2.24) is 0 Å². The zero-order chi connectivity index (χ0) is 7.94. The van der Waals surface area contributed by atoms with Crippen molar-refractivity contribution in [1.29, 1.82) is 0 Å². The molecule has 0 amide bonds. The molecule has 62 valence electrons. The van der Waals surface area contributed by atoms with Gasteiger partial charge < -0.3 is 4.74 Å². The van der Waals surface area contributed by atoms with Gasteiger partial charge in [0.25, 0.3) is 0 Å². The van der Waals surface area contributed by atoms with Crippen LogP contribution in [-0.4, -0.2) is 25.8 Å². The van der Waals surface area contributed by atoms with Gasteiger partial charge in [-0.15, -0.1) is 0 Å². The predicted octanol–water partition coefficient (Wildman–Crippen LogP) is 1.14. The van der Waals surface area contributed by atoms with Crippen molar-refractivity contribution in [3.8, 4) is 0 Å². The monoisotopic (exact) mass is 155 g/mol. The second-order valence-corrected chi connectivity index (χ2v) is 2.82. The number of nitrogens with zero attached hydrogens (tertiary/aromatic N) is 1. The van der Waals surface area contributed by atoms with E-state index in [0.717, 1.165) is 32.5 Å². The number of rotatable bonds is 3. The Morgan fingerprint density at radius 2 is 2.18 bits per heavy atom. The summed E-state index contributed by atoms with van der Waals surface area (Å²) in [5, 5.41) is 0. The number of carbonyl (C=O) groups excluding carboxylic acids is 1. The predicted molar refractivity (Wildman–Crippen MR) is 41.1 cm³/mol. The molecule has 0 aliphatic carbocycles. The van der Waals surface area contributed by atoms with Crippen molar-refractivity contribution < 1.29 is 9.53 Å². The van der Waals surface area contributed by atoms with E-state index < -0.39 is 0 Å². The lowest BCUT2D eigenvalue weighted by Gasteiger charge is -2.20. The van der Waals surface area contributed by atoms with Crippen LogP contribution in [0.5, 0.6) is 0 Å². The average Bonchev–Trinajstić information content (AvgIpc) is 2.07. The van der Waals surface area contributed by atoms with E-state index in [2.05, 4.69) is 4.99 Å². The fourth-order valence-corrected chi connectivity index (χ4v) is 1.33. The molecule has 1 fully saturated rings. The largest absolute Gasteiger partial charge is 0.381 e. The molecule has 0 aromatic heterocycles. The molecule has 0 saturated carbocycles. The lowest BCUT2D eigenvalue weighted by atomic mass is 9.97. The van der Waals surface area contributed by atoms with Gasteiger partial charge in [-0.3, -0.25) is 0 Å². The molecule has 11 heavy (non-hydrogen) atoms. The smallest absolute Gasteiger partial charge is 0.234 e. The topological polar surface area (TPSA) is 38.7 Å². The van der Waals surface area contributed by atoms with E-state index in [9.17, 15) is 4.79 Å². The summed E-state index contributed by atoms with van der Waals surface area (Å²) in [6.45, 7) is 2.37. The maximum absolute atomic E-state index is 9.73. The van der Waals surface area contributed by atoms with Gasteiger partial charge in [0.1, 0.15) is 0 Å². The van der Waals surface area contributed by atoms with Gasteiger partial charge in [-0.2, -0.15) is 0 Å². The van der Waals surface area contributed by atoms with Crippen LogP contribution in [0.25, 0.3) is 0 Å². The second-order valence-electron chi connectivity index (χ2n) is 2.82. The van der Waals surface area contributed by atoms with Gasteiger partial charge >= 0.3 is 0 Å². The van der Waals surface area contributed by atoms with Gasteiger partial charge in [-0.05, 0) is 25.2 Å². The average molecular weight is 155 g/mol. The maximum atomic E-state index is 9.73. The van der Waals surface area contributed by atoms with Crippen molar-refractivity contribution in [2.75, 3.05) is 19.8 Å². The first kappa shape index (κ1) is 8.44. The minimum Gasteiger partial charge on any atom is -0.381 e. The van der Waals surface area contributed by atoms with Crippen LogP contribution in [0.4, 0.5) is 0 Å². The lowest BCUT2D eigenvalue weighted by Crippen LogP contribution is -2.16. The Morgan fingerprint density at radius 1 is 1.45 bits per heavy atom. The molecule has 0 radical (unpaired) electrons. The Morgan fingerprint density at radius 3 is 2.82 bits per heavy atom. The molecule has 0 bridgehead atoms. The normalized spacial score (nSPS) is 19.3. The van der Waals surface area contributed by atoms with Crippen LogP contribution in [0.2, 0.25) is 0 Å². The molecule has 1 rings (SSSR count). The lowest BCUT2D eigenvalue weighted by molar-refractivity contribution is 0.0647. The third-order valence-corrected chi connectivity index (χ3v) is 2.05. The first-order valence-electron chi connectivity index (χ1n) is 4.05. The molecule has 1 aliphatic rings. The zero-order valence-corrected chi connectivity index (χ0v) is 6.58. The minimum absolute atomic E-state index is 0.633. The maximum Gasteiger partial charge on any atom is 0.234 e. The first-order valence-corrected chi connectivity index (χ1v) is 4.05. The first-order chi connectivity index (χ1) is 5.43. The molecule has 3 heteroatoms. The molecular weight excluding hydrogens is 142 g/mol. The van der Waals surface area contributed by atoms with E-state index >= 15 is 0 Å². The molecule has 0 aromatic rings. The van der Waals surface area contributed by atoms with Gasteiger partial charge in [-0.1, -0.05) is 0 Å². The summed E-state index contributed by atoms with van der Waals surface area (Å²) in [6.07, 6.45) is 4.80. The number of hydrogen-bond acceptors (Lipinski definition) is 3. The van der Waals surface area contributed by atoms with Crippen LogP contribution in [-0.2, 0) is 9.53 Å². The minimum atomic E-state index is 0.633. The molecule has 1 aliphatic heterocycles. The molecule has 0 aromatic carbocycles. The summed E-state index contributed by atoms with van der Waals surface area (Å²) < 4.78 is 5.20. The van der Waals surface area contributed by atoms with Crippen LogP contribution in [0, 0.1) is 5.92 Å². The summed E-state index contributed by atoms with van der Waals surface area (Å²) in [6, 6.07) is 0. The Kier molecular flexibility index (Phi) is 3.87. The Bertz CT molecular complexity index is 146. The highest BCUT2D eigenvalue weighted by Gasteiger charge is 2.12. The fraction of sp³-hybridized carbons (Fsp3) is 0.875. The van der Waals surface area contributed by atoms with Crippen LogP contribution >= 0.6 is 0 Å². The highest BCUT2D eigenvalue weighted by Crippen LogP contribution is 2.17. The second kappa shape index (κ2) is 5.05. The summed E-state index contributed by atoms with van der Waals surface area (Å²) in [5.74, 6) is 0.709. The SMILES string of the molecule is O=C=NCCC1CCOCC1. The van der Waals surface area contributed by atoms with Gasteiger partial charge in [0.15, 0.2) is 0 Å². The molecule has 0 N–H and O–H groups in total. The summed E-state index contributed by atoms with van der Waals surface area (Å²) in [7, 11) is 0. The van der Waals surface area contributed by atoms with Gasteiger partial charge in [-0.25, -0.2) is 9.79 Å². The Hall–Kier alpha value is -0.660. The van der Waals surface area contributed by atoms with Crippen LogP contribution in [0.1, 0.15) is 19.3 Å². The van der Waals surface area contributed by atoms with E-state index in [-0.39, 0.29) is 0 Å². The van der Waals surface area contributed by atoms with Crippen molar-refractivity contribution in [2.45, 2.75) is 19.3 Å². The van der Waals surface area contributed by atoms with Gasteiger partial charge in [0.05, 0.1) is 6.54 Å². The molecule has 0 unspecified atom stereocenters. The van der Waals surface area contributed by atoms with Crippen molar-refractivity contribution >= 4 is 6.08 Å². The van der Waals surface area contributed by atoms with E-state index in [1.165, 1.54) is 0 Å². The van der Waals surface area contributed by atoms with Gasteiger partial charge in [0, 0.05) is 13.2 Å². The van der Waals surface area contributed by atoms with Crippen molar-refractivity contribution in [2.24, 2.45) is 10.9 Å². The standard InChI is InChI=1S/C8H13NO2/c10-7-9-4-1-8-2-5-11-6-3-8/h8H,1-6H2. The number of isocyanates is 1. The van der Waals surface area contributed by atoms with E-state index in [4.69, 9.17) is 4.74 Å². The zero-order valence-electron chi connectivity index (χ0n) is 6.58. The van der Waals surface area contributed by atoms with E-state index in [0.29, 0.717) is 12.5 Å². The third kappa shape index (κ3) is 3.30. The molecule has 3 nitrogen and oxygen atoms in total. The Balaban J connectivity index is 2.09. The fourth-order valence-electron chi connectivity index (χ4n) is 1.33. The van der Waals surface area contributed by atoms with Crippen LogP contribution in [0.3, 0.4) is 0 Å². The third-order valence-electron chi connectivity index (χ3n) is 2.05. The van der Waals surface area contributed by atoms with Gasteiger partial charge in [0.2, 0.25) is 6.08 Å². The number of ether oxygens (including phenoxy) is 1. The summed E-state index contributed by atoms with van der Waals surface area (Å²) in [4.78, 5) is 13.2. The van der Waals surface area contributed by atoms with Crippen LogP contribution in [0.15, 0.2) is 4.99 Å². The quantitative estimate of drug-likeness (QED) is 0.453. The molecule has 1 heterocycles. The van der Waals surface area contributed by atoms with E-state index in [1.807, 2.05) is 0 Å². The molecule has 0 atom stereocenters. The summed E-state index contributed by atoms with van der Waals surface area (Å²) >= 11 is 0. The van der Waals surface area contributed by atoms with Crippen molar-refractivity contribution in [3.05, 3.63) is 0 Å². The van der Waals surface area contributed by atoms with E-state index in [1.54, 1.807) is 6.08 Å². The number of hydrogen-bond donors (Lipinski definition) is 0. The molecular formula is C8H13NO2. The highest BCUT2D eigenvalue weighted by molar-refractivity contribution is 5.32. The van der Waals surface area contributed by atoms with Crippen LogP contribution < -0.4 is 0 Å². The van der Waals surface area contributed by atoms with Crippen molar-refractivity contribution in [3.63, 3.8) is 0 Å². The number of aliphatic imine (C=N–C) groups is 1. The molecule has 1 saturated heterocycles. The Labute approximate surface area is 66.5 Å². The molecule has 0 spiro atoms.